The van der Waals surface area contributed by atoms with Crippen molar-refractivity contribution in [3.63, 3.8) is 0 Å². The largest absolute Gasteiger partial charge is 0.399 e. The fourth-order valence-corrected chi connectivity index (χ4v) is 0.975. The number of nitrogen functional groups attached to an aromatic ring is 1. The summed E-state index contributed by atoms with van der Waals surface area (Å²) in [7, 11) is 0. The van der Waals surface area contributed by atoms with Crippen LogP contribution in [0.5, 0.6) is 0 Å². The Hall–Kier alpha value is -1.09. The van der Waals surface area contributed by atoms with E-state index in [0.717, 1.165) is 0 Å². The Kier molecular flexibility index (Phi) is 3.11. The SMILES string of the molecule is CC(C)(C)OCc1ccc(N)cc1F. The summed E-state index contributed by atoms with van der Waals surface area (Å²) in [6.07, 6.45) is 0. The summed E-state index contributed by atoms with van der Waals surface area (Å²) in [5.74, 6) is -0.311. The highest BCUT2D eigenvalue weighted by atomic mass is 19.1. The Morgan fingerprint density at radius 3 is 2.50 bits per heavy atom. The van der Waals surface area contributed by atoms with Crippen molar-refractivity contribution in [1.82, 2.24) is 0 Å². The zero-order valence-electron chi connectivity index (χ0n) is 8.80. The molecule has 0 fully saturated rings. The number of hydrogen-bond donors (Lipinski definition) is 1. The molecule has 0 aliphatic heterocycles. The van der Waals surface area contributed by atoms with Crippen molar-refractivity contribution in [3.8, 4) is 0 Å². The summed E-state index contributed by atoms with van der Waals surface area (Å²) in [4.78, 5) is 0. The normalized spacial score (nSPS) is 11.7. The van der Waals surface area contributed by atoms with Crippen LogP contribution in [-0.4, -0.2) is 5.60 Å². The molecule has 0 amide bonds. The van der Waals surface area contributed by atoms with E-state index in [1.165, 1.54) is 6.07 Å². The minimum Gasteiger partial charge on any atom is -0.399 e. The van der Waals surface area contributed by atoms with Crippen molar-refractivity contribution >= 4 is 5.69 Å². The summed E-state index contributed by atoms with van der Waals surface area (Å²) >= 11 is 0. The second kappa shape index (κ2) is 3.96. The molecule has 1 aromatic rings. The highest BCUT2D eigenvalue weighted by Gasteiger charge is 2.11. The lowest BCUT2D eigenvalue weighted by atomic mass is 10.1. The van der Waals surface area contributed by atoms with Gasteiger partial charge in [-0.2, -0.15) is 0 Å². The summed E-state index contributed by atoms with van der Waals surface area (Å²) in [6, 6.07) is 4.63. The lowest BCUT2D eigenvalue weighted by molar-refractivity contribution is -0.0160. The molecule has 0 spiro atoms. The third-order valence-corrected chi connectivity index (χ3v) is 1.74. The van der Waals surface area contributed by atoms with Gasteiger partial charge in [0.15, 0.2) is 0 Å². The summed E-state index contributed by atoms with van der Waals surface area (Å²) in [5, 5.41) is 0. The molecular weight excluding hydrogens is 181 g/mol. The zero-order valence-corrected chi connectivity index (χ0v) is 8.80. The molecule has 14 heavy (non-hydrogen) atoms. The first-order chi connectivity index (χ1) is 6.38. The summed E-state index contributed by atoms with van der Waals surface area (Å²) in [5.41, 5.74) is 6.14. The fourth-order valence-electron chi connectivity index (χ4n) is 0.975. The summed E-state index contributed by atoms with van der Waals surface area (Å²) in [6.45, 7) is 6.07. The molecule has 0 saturated carbocycles. The highest BCUT2D eigenvalue weighted by Crippen LogP contribution is 2.16. The van der Waals surface area contributed by atoms with E-state index in [-0.39, 0.29) is 18.0 Å². The standard InChI is InChI=1S/C11H16FNO/c1-11(2,3)14-7-8-4-5-9(13)6-10(8)12/h4-6H,7,13H2,1-3H3. The molecule has 0 radical (unpaired) electrons. The molecule has 0 saturated heterocycles. The average Bonchev–Trinajstić information content (AvgIpc) is 2.00. The smallest absolute Gasteiger partial charge is 0.130 e. The van der Waals surface area contributed by atoms with Crippen molar-refractivity contribution in [2.75, 3.05) is 5.73 Å². The lowest BCUT2D eigenvalue weighted by Crippen LogP contribution is -2.19. The maximum absolute atomic E-state index is 13.3. The second-order valence-corrected chi connectivity index (χ2v) is 4.25. The van der Waals surface area contributed by atoms with Gasteiger partial charge in [0.2, 0.25) is 0 Å². The van der Waals surface area contributed by atoms with Gasteiger partial charge in [0.05, 0.1) is 12.2 Å². The summed E-state index contributed by atoms with van der Waals surface area (Å²) < 4.78 is 18.7. The Labute approximate surface area is 83.9 Å². The number of benzene rings is 1. The van der Waals surface area contributed by atoms with Crippen LogP contribution in [0.3, 0.4) is 0 Å². The minimum absolute atomic E-state index is 0.256. The van der Waals surface area contributed by atoms with E-state index in [1.807, 2.05) is 20.8 Å². The molecule has 0 bridgehead atoms. The van der Waals surface area contributed by atoms with Gasteiger partial charge in [-0.3, -0.25) is 0 Å². The van der Waals surface area contributed by atoms with Crippen molar-refractivity contribution in [2.45, 2.75) is 33.0 Å². The molecule has 0 atom stereocenters. The van der Waals surface area contributed by atoms with Crippen LogP contribution in [0.15, 0.2) is 18.2 Å². The first-order valence-corrected chi connectivity index (χ1v) is 4.56. The quantitative estimate of drug-likeness (QED) is 0.740. The topological polar surface area (TPSA) is 35.2 Å². The van der Waals surface area contributed by atoms with Gasteiger partial charge < -0.3 is 10.5 Å². The lowest BCUT2D eigenvalue weighted by Gasteiger charge is -2.19. The van der Waals surface area contributed by atoms with Gasteiger partial charge in [0.1, 0.15) is 5.82 Å². The maximum Gasteiger partial charge on any atom is 0.130 e. The molecule has 0 aliphatic carbocycles. The molecule has 3 heteroatoms. The van der Waals surface area contributed by atoms with E-state index in [9.17, 15) is 4.39 Å². The van der Waals surface area contributed by atoms with Crippen LogP contribution in [-0.2, 0) is 11.3 Å². The van der Waals surface area contributed by atoms with Crippen LogP contribution >= 0.6 is 0 Å². The van der Waals surface area contributed by atoms with Crippen molar-refractivity contribution in [1.29, 1.82) is 0 Å². The van der Waals surface area contributed by atoms with Crippen molar-refractivity contribution in [2.24, 2.45) is 0 Å². The Balaban J connectivity index is 2.68. The maximum atomic E-state index is 13.3. The Bertz CT molecular complexity index is 318. The van der Waals surface area contributed by atoms with E-state index >= 15 is 0 Å². The average molecular weight is 197 g/mol. The number of halogens is 1. The van der Waals surface area contributed by atoms with Gasteiger partial charge in [-0.25, -0.2) is 4.39 Å². The molecule has 1 rings (SSSR count). The minimum atomic E-state index is -0.311. The van der Waals surface area contributed by atoms with E-state index in [0.29, 0.717) is 11.3 Å². The van der Waals surface area contributed by atoms with Crippen LogP contribution in [0, 0.1) is 5.82 Å². The van der Waals surface area contributed by atoms with Gasteiger partial charge in [-0.1, -0.05) is 6.07 Å². The molecule has 0 unspecified atom stereocenters. The van der Waals surface area contributed by atoms with E-state index in [2.05, 4.69) is 0 Å². The van der Waals surface area contributed by atoms with Crippen LogP contribution in [0.4, 0.5) is 10.1 Å². The van der Waals surface area contributed by atoms with Crippen molar-refractivity contribution in [3.05, 3.63) is 29.6 Å². The Morgan fingerprint density at radius 1 is 1.36 bits per heavy atom. The monoisotopic (exact) mass is 197 g/mol. The highest BCUT2D eigenvalue weighted by molar-refractivity contribution is 5.40. The van der Waals surface area contributed by atoms with E-state index in [4.69, 9.17) is 10.5 Å². The molecule has 1 aromatic carbocycles. The van der Waals surface area contributed by atoms with Crippen molar-refractivity contribution < 1.29 is 9.13 Å². The number of anilines is 1. The van der Waals surface area contributed by atoms with E-state index < -0.39 is 0 Å². The third-order valence-electron chi connectivity index (χ3n) is 1.74. The van der Waals surface area contributed by atoms with Gasteiger partial charge in [-0.15, -0.1) is 0 Å². The molecule has 78 valence electrons. The third kappa shape index (κ3) is 3.34. The zero-order chi connectivity index (χ0) is 10.8. The molecule has 0 aromatic heterocycles. The van der Waals surface area contributed by atoms with E-state index in [1.54, 1.807) is 12.1 Å². The van der Waals surface area contributed by atoms with Gasteiger partial charge in [-0.05, 0) is 32.9 Å². The van der Waals surface area contributed by atoms with Gasteiger partial charge in [0, 0.05) is 11.3 Å². The molecular formula is C11H16FNO. The number of hydrogen-bond acceptors (Lipinski definition) is 2. The first-order valence-electron chi connectivity index (χ1n) is 4.56. The molecule has 2 N–H and O–H groups in total. The fraction of sp³-hybridized carbons (Fsp3) is 0.455. The second-order valence-electron chi connectivity index (χ2n) is 4.25. The van der Waals surface area contributed by atoms with Crippen LogP contribution in [0.1, 0.15) is 26.3 Å². The predicted octanol–water partition coefficient (Wildman–Crippen LogP) is 2.72. The van der Waals surface area contributed by atoms with Gasteiger partial charge >= 0.3 is 0 Å². The van der Waals surface area contributed by atoms with Gasteiger partial charge in [0.25, 0.3) is 0 Å². The molecule has 2 nitrogen and oxygen atoms in total. The molecule has 0 aliphatic rings. The van der Waals surface area contributed by atoms with Crippen LogP contribution in [0.2, 0.25) is 0 Å². The predicted molar refractivity (Wildman–Crippen MR) is 55.4 cm³/mol. The Morgan fingerprint density at radius 2 is 2.00 bits per heavy atom. The number of nitrogens with two attached hydrogens (primary N) is 1. The van der Waals surface area contributed by atoms with Crippen LogP contribution in [0.25, 0.3) is 0 Å². The number of ether oxygens (including phenoxy) is 1. The van der Waals surface area contributed by atoms with Crippen LogP contribution < -0.4 is 5.73 Å². The first kappa shape index (κ1) is 11.0. The number of rotatable bonds is 2. The molecule has 0 heterocycles.